The number of nitrogens with zero attached hydrogens (tertiary/aromatic N) is 1. The van der Waals surface area contributed by atoms with E-state index in [9.17, 15) is 4.79 Å². The van der Waals surface area contributed by atoms with Crippen molar-refractivity contribution >= 4 is 17.2 Å². The summed E-state index contributed by atoms with van der Waals surface area (Å²) in [6.07, 6.45) is 1.71. The summed E-state index contributed by atoms with van der Waals surface area (Å²) in [5, 5.41) is 5.08. The largest absolute Gasteiger partial charge is 0.496 e. The average molecular weight is 330 g/mol. The predicted octanol–water partition coefficient (Wildman–Crippen LogP) is 2.69. The van der Waals surface area contributed by atoms with Gasteiger partial charge in [-0.25, -0.2) is 0 Å². The third-order valence-corrected chi connectivity index (χ3v) is 5.09. The van der Waals surface area contributed by atoms with Crippen LogP contribution in [-0.4, -0.2) is 37.0 Å². The monoisotopic (exact) mass is 330 g/mol. The summed E-state index contributed by atoms with van der Waals surface area (Å²) < 4.78 is 5.42. The van der Waals surface area contributed by atoms with Gasteiger partial charge in [0.25, 0.3) is 0 Å². The molecule has 0 saturated carbocycles. The van der Waals surface area contributed by atoms with Gasteiger partial charge in [-0.15, -0.1) is 11.3 Å². The van der Waals surface area contributed by atoms with Crippen molar-refractivity contribution in [2.45, 2.75) is 25.4 Å². The number of thiophene rings is 1. The summed E-state index contributed by atoms with van der Waals surface area (Å²) in [4.78, 5) is 16.0. The van der Waals surface area contributed by atoms with Gasteiger partial charge in [0.05, 0.1) is 18.0 Å². The first-order chi connectivity index (χ1) is 11.3. The Hall–Kier alpha value is -1.85. The van der Waals surface area contributed by atoms with E-state index in [0.717, 1.165) is 38.2 Å². The zero-order valence-electron chi connectivity index (χ0n) is 13.3. The summed E-state index contributed by atoms with van der Waals surface area (Å²) in [7, 11) is 1.70. The molecule has 1 aromatic carbocycles. The second-order valence-electron chi connectivity index (χ2n) is 5.73. The molecule has 0 bridgehead atoms. The Morgan fingerprint density at radius 1 is 1.30 bits per heavy atom. The zero-order chi connectivity index (χ0) is 16.1. The highest BCUT2D eigenvalue weighted by Gasteiger charge is 2.29. The van der Waals surface area contributed by atoms with Gasteiger partial charge in [-0.2, -0.15) is 0 Å². The van der Waals surface area contributed by atoms with Crippen LogP contribution in [0.5, 0.6) is 5.75 Å². The minimum absolute atomic E-state index is 0.127. The van der Waals surface area contributed by atoms with Crippen LogP contribution in [0.15, 0.2) is 41.8 Å². The van der Waals surface area contributed by atoms with Crippen LogP contribution in [0.2, 0.25) is 0 Å². The van der Waals surface area contributed by atoms with Crippen LogP contribution in [-0.2, 0) is 17.8 Å². The fourth-order valence-corrected chi connectivity index (χ4v) is 3.86. The molecule has 1 fully saturated rings. The highest BCUT2D eigenvalue weighted by atomic mass is 32.1. The van der Waals surface area contributed by atoms with Crippen molar-refractivity contribution in [3.05, 3.63) is 52.2 Å². The topological polar surface area (TPSA) is 41.6 Å². The van der Waals surface area contributed by atoms with E-state index in [1.165, 1.54) is 10.4 Å². The second kappa shape index (κ2) is 7.62. The number of nitrogens with one attached hydrogen (secondary N) is 1. The molecule has 1 N–H and O–H groups in total. The molecule has 1 amide bonds. The fourth-order valence-electron chi connectivity index (χ4n) is 2.99. The maximum Gasteiger partial charge on any atom is 0.237 e. The van der Waals surface area contributed by atoms with Gasteiger partial charge in [0.1, 0.15) is 5.75 Å². The number of methoxy groups -OCH3 is 1. The van der Waals surface area contributed by atoms with Crippen LogP contribution in [0.1, 0.15) is 16.9 Å². The standard InChI is InChI=1S/C18H22N2O2S/c1-22-16-8-11-23-17(16)13-20-10-5-9-19-18(21)15(20)12-14-6-3-2-4-7-14/h2-4,6-8,11,15H,5,9-10,12-13H2,1H3,(H,19,21). The Labute approximate surface area is 141 Å². The van der Waals surface area contributed by atoms with Crippen molar-refractivity contribution in [2.75, 3.05) is 20.2 Å². The zero-order valence-corrected chi connectivity index (χ0v) is 14.1. The van der Waals surface area contributed by atoms with E-state index in [-0.39, 0.29) is 11.9 Å². The third-order valence-electron chi connectivity index (χ3n) is 4.21. The van der Waals surface area contributed by atoms with Crippen LogP contribution >= 0.6 is 11.3 Å². The maximum atomic E-state index is 12.5. The molecular formula is C18H22N2O2S. The molecular weight excluding hydrogens is 308 g/mol. The molecule has 1 atom stereocenters. The lowest BCUT2D eigenvalue weighted by molar-refractivity contribution is -0.125. The Bertz CT molecular complexity index is 641. The number of ether oxygens (including phenoxy) is 1. The first-order valence-electron chi connectivity index (χ1n) is 7.94. The molecule has 0 aliphatic carbocycles. The molecule has 1 saturated heterocycles. The normalized spacial score (nSPS) is 19.2. The van der Waals surface area contributed by atoms with Crippen molar-refractivity contribution < 1.29 is 9.53 Å². The fraction of sp³-hybridized carbons (Fsp3) is 0.389. The number of rotatable bonds is 5. The second-order valence-corrected chi connectivity index (χ2v) is 6.73. The molecule has 1 aliphatic rings. The quantitative estimate of drug-likeness (QED) is 0.916. The van der Waals surface area contributed by atoms with E-state index in [0.29, 0.717) is 0 Å². The van der Waals surface area contributed by atoms with Crippen LogP contribution in [0, 0.1) is 0 Å². The molecule has 1 aromatic heterocycles. The maximum absolute atomic E-state index is 12.5. The number of hydrogen-bond donors (Lipinski definition) is 1. The Morgan fingerprint density at radius 3 is 2.91 bits per heavy atom. The Balaban J connectivity index is 1.80. The van der Waals surface area contributed by atoms with Gasteiger partial charge in [-0.3, -0.25) is 9.69 Å². The van der Waals surface area contributed by atoms with Gasteiger partial charge in [0.2, 0.25) is 5.91 Å². The summed E-state index contributed by atoms with van der Waals surface area (Å²) in [5.74, 6) is 1.04. The molecule has 1 aliphatic heterocycles. The van der Waals surface area contributed by atoms with E-state index < -0.39 is 0 Å². The third kappa shape index (κ3) is 3.92. The summed E-state index contributed by atoms with van der Waals surface area (Å²) in [6, 6.07) is 12.1. The lowest BCUT2D eigenvalue weighted by atomic mass is 10.0. The van der Waals surface area contributed by atoms with E-state index in [2.05, 4.69) is 22.3 Å². The molecule has 2 heterocycles. The predicted molar refractivity (Wildman–Crippen MR) is 92.8 cm³/mol. The van der Waals surface area contributed by atoms with Crippen molar-refractivity contribution in [1.29, 1.82) is 0 Å². The Kier molecular flexibility index (Phi) is 5.31. The number of carbonyl (C=O) groups excluding carboxylic acids is 1. The smallest absolute Gasteiger partial charge is 0.237 e. The van der Waals surface area contributed by atoms with Gasteiger partial charge in [0.15, 0.2) is 0 Å². The van der Waals surface area contributed by atoms with Gasteiger partial charge in [-0.05, 0) is 29.9 Å². The Morgan fingerprint density at radius 2 is 2.13 bits per heavy atom. The number of benzene rings is 1. The molecule has 0 radical (unpaired) electrons. The first kappa shape index (κ1) is 16.0. The van der Waals surface area contributed by atoms with Gasteiger partial charge >= 0.3 is 0 Å². The lowest BCUT2D eigenvalue weighted by Crippen LogP contribution is -2.45. The summed E-state index contributed by atoms with van der Waals surface area (Å²) in [5.41, 5.74) is 1.19. The van der Waals surface area contributed by atoms with Crippen molar-refractivity contribution in [3.8, 4) is 5.75 Å². The van der Waals surface area contributed by atoms with Gasteiger partial charge in [0, 0.05) is 19.6 Å². The minimum atomic E-state index is -0.133. The molecule has 1 unspecified atom stereocenters. The first-order valence-corrected chi connectivity index (χ1v) is 8.82. The van der Waals surface area contributed by atoms with E-state index in [4.69, 9.17) is 4.74 Å². The van der Waals surface area contributed by atoms with E-state index >= 15 is 0 Å². The molecule has 5 heteroatoms. The highest BCUT2D eigenvalue weighted by Crippen LogP contribution is 2.27. The molecule has 122 valence electrons. The van der Waals surface area contributed by atoms with Crippen LogP contribution in [0.4, 0.5) is 0 Å². The summed E-state index contributed by atoms with van der Waals surface area (Å²) in [6.45, 7) is 2.42. The summed E-state index contributed by atoms with van der Waals surface area (Å²) >= 11 is 1.69. The van der Waals surface area contributed by atoms with Crippen LogP contribution in [0.25, 0.3) is 0 Å². The van der Waals surface area contributed by atoms with Crippen molar-refractivity contribution in [2.24, 2.45) is 0 Å². The van der Waals surface area contributed by atoms with Crippen LogP contribution in [0.3, 0.4) is 0 Å². The minimum Gasteiger partial charge on any atom is -0.496 e. The van der Waals surface area contributed by atoms with Crippen molar-refractivity contribution in [3.63, 3.8) is 0 Å². The van der Waals surface area contributed by atoms with Crippen LogP contribution < -0.4 is 10.1 Å². The van der Waals surface area contributed by atoms with Gasteiger partial charge < -0.3 is 10.1 Å². The molecule has 0 spiro atoms. The average Bonchev–Trinajstić information content (AvgIpc) is 2.96. The highest BCUT2D eigenvalue weighted by molar-refractivity contribution is 7.10. The molecule has 4 nitrogen and oxygen atoms in total. The number of hydrogen-bond acceptors (Lipinski definition) is 4. The van der Waals surface area contributed by atoms with E-state index in [1.54, 1.807) is 18.4 Å². The van der Waals surface area contributed by atoms with E-state index in [1.807, 2.05) is 29.6 Å². The lowest BCUT2D eigenvalue weighted by Gasteiger charge is -2.28. The number of carbonyl (C=O) groups is 1. The number of amides is 1. The molecule has 2 aromatic rings. The van der Waals surface area contributed by atoms with Crippen molar-refractivity contribution in [1.82, 2.24) is 10.2 Å². The van der Waals surface area contributed by atoms with Gasteiger partial charge in [-0.1, -0.05) is 30.3 Å². The molecule has 3 rings (SSSR count). The SMILES string of the molecule is COc1ccsc1CN1CCCNC(=O)C1Cc1ccccc1. The molecule has 23 heavy (non-hydrogen) atoms.